The molecule has 1 heterocycles. The van der Waals surface area contributed by atoms with Gasteiger partial charge in [0.15, 0.2) is 5.82 Å². The number of nitrogens with two attached hydrogens (primary N) is 1. The topological polar surface area (TPSA) is 114 Å². The van der Waals surface area contributed by atoms with Crippen LogP contribution in [-0.4, -0.2) is 10.1 Å². The van der Waals surface area contributed by atoms with Crippen LogP contribution in [0.25, 0.3) is 10.4 Å². The van der Waals surface area contributed by atoms with Crippen LogP contribution in [-0.2, 0) is 13.1 Å². The van der Waals surface area contributed by atoms with Crippen LogP contribution in [0.15, 0.2) is 9.64 Å². The summed E-state index contributed by atoms with van der Waals surface area (Å²) in [5.74, 6) is 0.691. The van der Waals surface area contributed by atoms with Crippen molar-refractivity contribution in [1.29, 1.82) is 0 Å². The van der Waals surface area contributed by atoms with Crippen LogP contribution in [0.3, 0.4) is 0 Å². The fraction of sp³-hybridized carbons (Fsp3) is 0.500. The minimum atomic E-state index is 0.0729. The Morgan fingerprint density at radius 3 is 3.09 bits per heavy atom. The maximum Gasteiger partial charge on any atom is 0.232 e. The average molecular weight is 154 g/mol. The van der Waals surface area contributed by atoms with Gasteiger partial charge in [0, 0.05) is 4.91 Å². The number of rotatable bonds is 3. The van der Waals surface area contributed by atoms with E-state index >= 15 is 0 Å². The number of hydrogen-bond acceptors (Lipinski definition) is 5. The zero-order valence-corrected chi connectivity index (χ0v) is 5.64. The van der Waals surface area contributed by atoms with Crippen LogP contribution in [0, 0.1) is 0 Å². The van der Waals surface area contributed by atoms with Crippen LogP contribution >= 0.6 is 0 Å². The Labute approximate surface area is 61.8 Å². The second-order valence-corrected chi connectivity index (χ2v) is 1.70. The van der Waals surface area contributed by atoms with E-state index in [0.29, 0.717) is 5.82 Å². The Morgan fingerprint density at radius 1 is 1.73 bits per heavy atom. The quantitative estimate of drug-likeness (QED) is 0.384. The van der Waals surface area contributed by atoms with E-state index in [1.54, 1.807) is 0 Å². The van der Waals surface area contributed by atoms with E-state index in [4.69, 9.17) is 11.3 Å². The monoisotopic (exact) mass is 154 g/mol. The molecule has 2 N–H and O–H groups in total. The molecule has 0 bridgehead atoms. The predicted octanol–water partition coefficient (Wildman–Crippen LogP) is 0.339. The molecule has 0 aromatic carbocycles. The molecule has 1 aromatic heterocycles. The molecule has 0 radical (unpaired) electrons. The third-order valence-corrected chi connectivity index (χ3v) is 0.962. The Hall–Kier alpha value is -1.59. The average Bonchev–Trinajstić information content (AvgIpc) is 2.48. The predicted molar refractivity (Wildman–Crippen MR) is 35.0 cm³/mol. The lowest BCUT2D eigenvalue weighted by Crippen LogP contribution is -1.98. The second kappa shape index (κ2) is 3.55. The highest BCUT2D eigenvalue weighted by atomic mass is 16.5. The summed E-state index contributed by atoms with van der Waals surface area (Å²) in [7, 11) is 0. The first kappa shape index (κ1) is 7.52. The minimum absolute atomic E-state index is 0.0729. The highest BCUT2D eigenvalue weighted by Gasteiger charge is 2.01. The summed E-state index contributed by atoms with van der Waals surface area (Å²) < 4.78 is 4.65. The van der Waals surface area contributed by atoms with Crippen LogP contribution in [0.2, 0.25) is 0 Å². The van der Waals surface area contributed by atoms with Gasteiger partial charge < -0.3 is 10.3 Å². The van der Waals surface area contributed by atoms with Crippen molar-refractivity contribution in [1.82, 2.24) is 10.1 Å². The van der Waals surface area contributed by atoms with Gasteiger partial charge in [0.1, 0.15) is 6.54 Å². The lowest BCUT2D eigenvalue weighted by Gasteiger charge is -1.78. The van der Waals surface area contributed by atoms with Crippen molar-refractivity contribution in [3.63, 3.8) is 0 Å². The lowest BCUT2D eigenvalue weighted by molar-refractivity contribution is 0.374. The van der Waals surface area contributed by atoms with Crippen LogP contribution in [0.5, 0.6) is 0 Å². The van der Waals surface area contributed by atoms with E-state index in [1.807, 2.05) is 0 Å². The van der Waals surface area contributed by atoms with Gasteiger partial charge in [0.2, 0.25) is 5.89 Å². The van der Waals surface area contributed by atoms with E-state index < -0.39 is 0 Å². The molecule has 7 heteroatoms. The molecule has 0 spiro atoms. The van der Waals surface area contributed by atoms with Crippen LogP contribution < -0.4 is 5.73 Å². The third kappa shape index (κ3) is 1.92. The van der Waals surface area contributed by atoms with Gasteiger partial charge in [-0.2, -0.15) is 4.98 Å². The zero-order valence-electron chi connectivity index (χ0n) is 5.64. The highest BCUT2D eigenvalue weighted by Crippen LogP contribution is 1.97. The normalized spacial score (nSPS) is 9.18. The van der Waals surface area contributed by atoms with Crippen molar-refractivity contribution in [2.45, 2.75) is 13.1 Å². The van der Waals surface area contributed by atoms with Crippen molar-refractivity contribution >= 4 is 0 Å². The SMILES string of the molecule is [N-]=[N+]=NCc1nc(CN)no1. The Bertz CT molecular complexity index is 274. The largest absolute Gasteiger partial charge is 0.339 e. The summed E-state index contributed by atoms with van der Waals surface area (Å²) >= 11 is 0. The molecule has 1 aromatic rings. The molecule has 11 heavy (non-hydrogen) atoms. The zero-order chi connectivity index (χ0) is 8.10. The van der Waals surface area contributed by atoms with E-state index in [1.165, 1.54) is 0 Å². The molecule has 1 rings (SSSR count). The van der Waals surface area contributed by atoms with Gasteiger partial charge in [-0.25, -0.2) is 0 Å². The molecule has 0 saturated heterocycles. The Balaban J connectivity index is 2.64. The van der Waals surface area contributed by atoms with Gasteiger partial charge in [-0.1, -0.05) is 10.3 Å². The van der Waals surface area contributed by atoms with E-state index in [2.05, 4.69) is 24.7 Å². The van der Waals surface area contributed by atoms with Crippen molar-refractivity contribution in [2.75, 3.05) is 0 Å². The van der Waals surface area contributed by atoms with Crippen molar-refractivity contribution in [3.05, 3.63) is 22.2 Å². The maximum atomic E-state index is 7.94. The molecule has 58 valence electrons. The van der Waals surface area contributed by atoms with Gasteiger partial charge in [-0.05, 0) is 5.53 Å². The number of azide groups is 1. The summed E-state index contributed by atoms with van der Waals surface area (Å²) in [6.07, 6.45) is 0. The lowest BCUT2D eigenvalue weighted by atomic mass is 10.6. The highest BCUT2D eigenvalue weighted by molar-refractivity contribution is 4.84. The van der Waals surface area contributed by atoms with E-state index in [9.17, 15) is 0 Å². The number of nitrogens with zero attached hydrogens (tertiary/aromatic N) is 5. The summed E-state index contributed by atoms with van der Waals surface area (Å²) in [5.41, 5.74) is 13.1. The molecule has 0 saturated carbocycles. The molecule has 0 atom stereocenters. The van der Waals surface area contributed by atoms with Gasteiger partial charge >= 0.3 is 0 Å². The van der Waals surface area contributed by atoms with Gasteiger partial charge in [0.25, 0.3) is 0 Å². The Morgan fingerprint density at radius 2 is 2.55 bits per heavy atom. The minimum Gasteiger partial charge on any atom is -0.339 e. The number of hydrogen-bond donors (Lipinski definition) is 1. The van der Waals surface area contributed by atoms with Crippen molar-refractivity contribution in [2.24, 2.45) is 10.8 Å². The van der Waals surface area contributed by atoms with Gasteiger partial charge in [0.05, 0.1) is 6.54 Å². The first-order valence-corrected chi connectivity index (χ1v) is 2.89. The van der Waals surface area contributed by atoms with Crippen molar-refractivity contribution < 1.29 is 4.52 Å². The van der Waals surface area contributed by atoms with Crippen LogP contribution in [0.4, 0.5) is 0 Å². The molecule has 0 aliphatic heterocycles. The van der Waals surface area contributed by atoms with E-state index in [0.717, 1.165) is 0 Å². The summed E-state index contributed by atoms with van der Waals surface area (Å²) in [5, 5.41) is 6.73. The molecular weight excluding hydrogens is 148 g/mol. The van der Waals surface area contributed by atoms with Crippen LogP contribution in [0.1, 0.15) is 11.7 Å². The standard InChI is InChI=1S/C4H6N6O/c5-1-3-8-4(11-9-3)2-7-10-6/h1-2,5H2. The third-order valence-electron chi connectivity index (χ3n) is 0.962. The smallest absolute Gasteiger partial charge is 0.232 e. The fourth-order valence-corrected chi connectivity index (χ4v) is 0.529. The summed E-state index contributed by atoms with van der Waals surface area (Å²) in [6, 6.07) is 0. The molecule has 7 nitrogen and oxygen atoms in total. The fourth-order valence-electron chi connectivity index (χ4n) is 0.529. The first-order chi connectivity index (χ1) is 5.36. The number of aromatic nitrogens is 2. The summed E-state index contributed by atoms with van der Waals surface area (Å²) in [6.45, 7) is 0.295. The van der Waals surface area contributed by atoms with Crippen molar-refractivity contribution in [3.8, 4) is 0 Å². The first-order valence-electron chi connectivity index (χ1n) is 2.89. The molecule has 0 aliphatic carbocycles. The van der Waals surface area contributed by atoms with Gasteiger partial charge in [-0.3, -0.25) is 0 Å². The molecule has 0 amide bonds. The maximum absolute atomic E-state index is 7.94. The van der Waals surface area contributed by atoms with E-state index in [-0.39, 0.29) is 19.0 Å². The molecule has 0 aliphatic rings. The molecular formula is C4H6N6O. The Kier molecular flexibility index (Phi) is 2.42. The van der Waals surface area contributed by atoms with Gasteiger partial charge in [-0.15, -0.1) is 0 Å². The summed E-state index contributed by atoms with van der Waals surface area (Å²) in [4.78, 5) is 6.33. The second-order valence-electron chi connectivity index (χ2n) is 1.70. The molecule has 0 unspecified atom stereocenters. The molecule has 0 fully saturated rings.